The van der Waals surface area contributed by atoms with Crippen LogP contribution in [0.15, 0.2) is 66.2 Å². The summed E-state index contributed by atoms with van der Waals surface area (Å²) in [5, 5.41) is 11.9. The average molecular weight is 534 g/mol. The molecule has 2 heterocycles. The second kappa shape index (κ2) is 9.72. The minimum atomic E-state index is -0.907. The smallest absolute Gasteiger partial charge is 0.300 e. The number of hydrogen-bond acceptors (Lipinski definition) is 6. The molecule has 0 aliphatic carbocycles. The van der Waals surface area contributed by atoms with Gasteiger partial charge in [0.25, 0.3) is 11.7 Å². The number of Topliss-reactive ketones (excluding diaryl/α,β-unsaturated/α-hetero) is 1. The van der Waals surface area contributed by atoms with E-state index in [0.717, 1.165) is 5.56 Å². The number of rotatable bonds is 4. The Morgan fingerprint density at radius 2 is 1.66 bits per heavy atom. The maximum Gasteiger partial charge on any atom is 0.300 e. The maximum absolute atomic E-state index is 13.6. The Bertz CT molecular complexity index is 1450. The molecule has 1 N–H and O–H groups in total. The summed E-state index contributed by atoms with van der Waals surface area (Å²) in [7, 11) is 1.45. The number of aliphatic hydroxyl groups excluding tert-OH is 1. The Balaban J connectivity index is 1.72. The van der Waals surface area contributed by atoms with Gasteiger partial charge in [0.2, 0.25) is 0 Å². The van der Waals surface area contributed by atoms with E-state index in [4.69, 9.17) is 25.8 Å². The fourth-order valence-corrected chi connectivity index (χ4v) is 4.94. The monoisotopic (exact) mass is 533 g/mol. The van der Waals surface area contributed by atoms with Gasteiger partial charge in [-0.2, -0.15) is 0 Å². The van der Waals surface area contributed by atoms with Crippen molar-refractivity contribution in [2.24, 2.45) is 0 Å². The number of anilines is 1. The molecular formula is C30H28ClNO6. The highest BCUT2D eigenvalue weighted by Gasteiger charge is 2.47. The van der Waals surface area contributed by atoms with Crippen LogP contribution < -0.4 is 19.1 Å². The van der Waals surface area contributed by atoms with Gasteiger partial charge in [-0.1, -0.05) is 56.6 Å². The van der Waals surface area contributed by atoms with E-state index in [9.17, 15) is 14.7 Å². The predicted molar refractivity (Wildman–Crippen MR) is 145 cm³/mol. The van der Waals surface area contributed by atoms with E-state index in [1.165, 1.54) is 18.1 Å². The standard InChI is InChI=1S/C30H28ClNO6/c1-30(2,3)18-7-5-17(6-8-18)26-25(27(33)21-15-19(31)9-11-22(21)36-4)28(34)29(35)32(26)20-10-12-23-24(16-20)38-14-13-37-23/h5-12,15-16,26,33H,13-14H2,1-4H3/b27-25+. The zero-order chi connectivity index (χ0) is 27.2. The molecule has 0 aromatic heterocycles. The zero-order valence-electron chi connectivity index (χ0n) is 21.6. The van der Waals surface area contributed by atoms with Crippen LogP contribution in [0, 0.1) is 0 Å². The number of hydrogen-bond donors (Lipinski definition) is 1. The molecule has 0 radical (unpaired) electrons. The van der Waals surface area contributed by atoms with Crippen LogP contribution in [-0.4, -0.2) is 37.1 Å². The highest BCUT2D eigenvalue weighted by Crippen LogP contribution is 2.45. The van der Waals surface area contributed by atoms with Crippen molar-refractivity contribution < 1.29 is 28.9 Å². The van der Waals surface area contributed by atoms with Crippen molar-refractivity contribution in [2.45, 2.75) is 32.2 Å². The van der Waals surface area contributed by atoms with Gasteiger partial charge in [-0.05, 0) is 46.9 Å². The number of nitrogens with zero attached hydrogens (tertiary/aromatic N) is 1. The Kier molecular flexibility index (Phi) is 6.57. The van der Waals surface area contributed by atoms with Gasteiger partial charge in [0, 0.05) is 16.8 Å². The first-order valence-corrected chi connectivity index (χ1v) is 12.6. The van der Waals surface area contributed by atoms with Gasteiger partial charge in [-0.15, -0.1) is 0 Å². The third-order valence-corrected chi connectivity index (χ3v) is 6.99. The van der Waals surface area contributed by atoms with Gasteiger partial charge in [-0.3, -0.25) is 14.5 Å². The second-order valence-corrected chi connectivity index (χ2v) is 10.7. The average Bonchev–Trinajstić information content (AvgIpc) is 3.17. The first kappa shape index (κ1) is 25.7. The van der Waals surface area contributed by atoms with Crippen molar-refractivity contribution in [2.75, 3.05) is 25.2 Å². The molecule has 1 fully saturated rings. The number of ether oxygens (including phenoxy) is 3. The van der Waals surface area contributed by atoms with Gasteiger partial charge in [0.05, 0.1) is 24.3 Å². The highest BCUT2D eigenvalue weighted by atomic mass is 35.5. The van der Waals surface area contributed by atoms with Crippen LogP contribution in [0.25, 0.3) is 5.76 Å². The summed E-state index contributed by atoms with van der Waals surface area (Å²) in [6, 6.07) is 16.6. The summed E-state index contributed by atoms with van der Waals surface area (Å²) in [5.41, 5.74) is 2.26. The molecule has 1 saturated heterocycles. The van der Waals surface area contributed by atoms with E-state index in [1.807, 2.05) is 24.3 Å². The lowest BCUT2D eigenvalue weighted by molar-refractivity contribution is -0.132. The number of carbonyl (C=O) groups excluding carboxylic acids is 2. The summed E-state index contributed by atoms with van der Waals surface area (Å²) in [4.78, 5) is 28.5. The fourth-order valence-electron chi connectivity index (χ4n) is 4.77. The molecule has 3 aromatic carbocycles. The normalized spacial score (nSPS) is 18.6. The largest absolute Gasteiger partial charge is 0.507 e. The number of benzene rings is 3. The van der Waals surface area contributed by atoms with E-state index in [1.54, 1.807) is 30.3 Å². The topological polar surface area (TPSA) is 85.3 Å². The molecule has 3 aromatic rings. The molecular weight excluding hydrogens is 506 g/mol. The van der Waals surface area contributed by atoms with Gasteiger partial charge in [0.15, 0.2) is 11.5 Å². The number of fused-ring (bicyclic) bond motifs is 1. The van der Waals surface area contributed by atoms with E-state index < -0.39 is 17.7 Å². The van der Waals surface area contributed by atoms with Gasteiger partial charge >= 0.3 is 0 Å². The number of amides is 1. The van der Waals surface area contributed by atoms with Crippen molar-refractivity contribution >= 4 is 34.7 Å². The summed E-state index contributed by atoms with van der Waals surface area (Å²) < 4.78 is 16.8. The highest BCUT2D eigenvalue weighted by molar-refractivity contribution is 6.51. The first-order chi connectivity index (χ1) is 18.1. The third kappa shape index (κ3) is 4.47. The number of halogens is 1. The molecule has 1 amide bonds. The molecule has 1 unspecified atom stereocenters. The lowest BCUT2D eigenvalue weighted by atomic mass is 9.85. The van der Waals surface area contributed by atoms with Gasteiger partial charge < -0.3 is 19.3 Å². The molecule has 0 bridgehead atoms. The number of aliphatic hydroxyl groups is 1. The first-order valence-electron chi connectivity index (χ1n) is 12.2. The minimum absolute atomic E-state index is 0.0611. The predicted octanol–water partition coefficient (Wildman–Crippen LogP) is 6.04. The van der Waals surface area contributed by atoms with Gasteiger partial charge in [0.1, 0.15) is 24.7 Å². The molecule has 2 aliphatic heterocycles. The minimum Gasteiger partial charge on any atom is -0.507 e. The van der Waals surface area contributed by atoms with E-state index >= 15 is 0 Å². The van der Waals surface area contributed by atoms with Crippen LogP contribution in [0.5, 0.6) is 17.2 Å². The van der Waals surface area contributed by atoms with Crippen molar-refractivity contribution in [3.8, 4) is 17.2 Å². The zero-order valence-corrected chi connectivity index (χ0v) is 22.3. The summed E-state index contributed by atoms with van der Waals surface area (Å²) >= 11 is 6.22. The number of carbonyl (C=O) groups is 2. The van der Waals surface area contributed by atoms with Crippen molar-refractivity contribution in [1.29, 1.82) is 0 Å². The fraction of sp³-hybridized carbons (Fsp3) is 0.267. The third-order valence-electron chi connectivity index (χ3n) is 6.76. The lowest BCUT2D eigenvalue weighted by Gasteiger charge is -2.28. The molecule has 0 spiro atoms. The Morgan fingerprint density at radius 3 is 2.32 bits per heavy atom. The number of ketones is 1. The van der Waals surface area contributed by atoms with E-state index in [0.29, 0.717) is 46.7 Å². The number of methoxy groups -OCH3 is 1. The van der Waals surface area contributed by atoms with Crippen molar-refractivity contribution in [3.05, 3.63) is 87.9 Å². The van der Waals surface area contributed by atoms with Crippen LogP contribution in [0.3, 0.4) is 0 Å². The maximum atomic E-state index is 13.6. The molecule has 8 heteroatoms. The Labute approximate surface area is 226 Å². The quantitative estimate of drug-likeness (QED) is 0.250. The SMILES string of the molecule is COc1ccc(Cl)cc1/C(O)=C1\C(=O)C(=O)N(c2ccc3c(c2)OCCO3)C1c1ccc(C(C)(C)C)cc1. The molecule has 0 saturated carbocycles. The molecule has 2 aliphatic rings. The molecule has 38 heavy (non-hydrogen) atoms. The van der Waals surface area contributed by atoms with Crippen LogP contribution in [0.2, 0.25) is 5.02 Å². The molecule has 5 rings (SSSR count). The van der Waals surface area contributed by atoms with Crippen LogP contribution in [0.4, 0.5) is 5.69 Å². The van der Waals surface area contributed by atoms with Crippen molar-refractivity contribution in [1.82, 2.24) is 0 Å². The Hall–Kier alpha value is -3.97. The lowest BCUT2D eigenvalue weighted by Crippen LogP contribution is -2.29. The van der Waals surface area contributed by atoms with Crippen LogP contribution in [0.1, 0.15) is 43.5 Å². The van der Waals surface area contributed by atoms with Crippen molar-refractivity contribution in [3.63, 3.8) is 0 Å². The Morgan fingerprint density at radius 1 is 0.974 bits per heavy atom. The second-order valence-electron chi connectivity index (χ2n) is 10.2. The van der Waals surface area contributed by atoms with E-state index in [2.05, 4.69) is 20.8 Å². The van der Waals surface area contributed by atoms with E-state index in [-0.39, 0.29) is 22.3 Å². The summed E-state index contributed by atoms with van der Waals surface area (Å²) in [6.07, 6.45) is 0. The summed E-state index contributed by atoms with van der Waals surface area (Å²) in [6.45, 7) is 7.12. The molecule has 1 atom stereocenters. The van der Waals surface area contributed by atoms with Crippen LogP contribution >= 0.6 is 11.6 Å². The summed E-state index contributed by atoms with van der Waals surface area (Å²) in [5.74, 6) is -0.592. The van der Waals surface area contributed by atoms with Crippen LogP contribution in [-0.2, 0) is 15.0 Å². The molecule has 7 nitrogen and oxygen atoms in total. The molecule has 196 valence electrons. The van der Waals surface area contributed by atoms with Gasteiger partial charge in [-0.25, -0.2) is 0 Å².